The summed E-state index contributed by atoms with van der Waals surface area (Å²) in [6, 6.07) is 9.34. The lowest BCUT2D eigenvalue weighted by Crippen LogP contribution is -2.05. The number of benzene rings is 1. The number of aliphatic hydroxyl groups excluding tert-OH is 1. The van der Waals surface area contributed by atoms with Gasteiger partial charge in [0.2, 0.25) is 0 Å². The van der Waals surface area contributed by atoms with Crippen molar-refractivity contribution < 1.29 is 9.50 Å². The number of nitrogens with two attached hydrogens (primary N) is 1. The molecule has 0 bridgehead atoms. The molecule has 0 aliphatic carbocycles. The molecule has 5 nitrogen and oxygen atoms in total. The fourth-order valence-electron chi connectivity index (χ4n) is 2.18. The van der Waals surface area contributed by atoms with Gasteiger partial charge in [0.25, 0.3) is 0 Å². The summed E-state index contributed by atoms with van der Waals surface area (Å²) in [6.07, 6.45) is 2.12. The Morgan fingerprint density at radius 3 is 2.62 bits per heavy atom. The Hall–Kier alpha value is -2.73. The van der Waals surface area contributed by atoms with E-state index in [0.717, 1.165) is 5.56 Å². The van der Waals surface area contributed by atoms with Crippen LogP contribution in [-0.2, 0) is 0 Å². The zero-order valence-corrected chi connectivity index (χ0v) is 11.0. The van der Waals surface area contributed by atoms with Crippen molar-refractivity contribution >= 4 is 5.82 Å². The Balaban J connectivity index is 2.03. The molecule has 3 rings (SSSR count). The minimum absolute atomic E-state index is 0.260. The topological polar surface area (TPSA) is 87.8 Å². The average molecular weight is 284 g/mol. The predicted octanol–water partition coefficient (Wildman–Crippen LogP) is 2.27. The highest BCUT2D eigenvalue weighted by molar-refractivity contribution is 5.64. The Kier molecular flexibility index (Phi) is 3.37. The highest BCUT2D eigenvalue weighted by atomic mass is 19.1. The molecule has 0 saturated carbocycles. The molecule has 1 unspecified atom stereocenters. The van der Waals surface area contributed by atoms with Crippen molar-refractivity contribution in [1.82, 2.24) is 15.2 Å². The maximum atomic E-state index is 13.0. The molecule has 1 aromatic carbocycles. The first-order valence-electron chi connectivity index (χ1n) is 6.34. The summed E-state index contributed by atoms with van der Waals surface area (Å²) in [6.45, 7) is 0. The zero-order valence-electron chi connectivity index (χ0n) is 11.0. The van der Waals surface area contributed by atoms with E-state index in [1.54, 1.807) is 30.5 Å². The van der Waals surface area contributed by atoms with Crippen LogP contribution in [0.2, 0.25) is 0 Å². The molecule has 4 N–H and O–H groups in total. The summed E-state index contributed by atoms with van der Waals surface area (Å²) >= 11 is 0. The van der Waals surface area contributed by atoms with Crippen LogP contribution in [0.4, 0.5) is 10.2 Å². The third-order valence-corrected chi connectivity index (χ3v) is 3.26. The first-order valence-corrected chi connectivity index (χ1v) is 6.34. The smallest absolute Gasteiger partial charge is 0.129 e. The molecule has 1 atom stereocenters. The number of hydrogen-bond acceptors (Lipinski definition) is 4. The molecule has 0 aliphatic rings. The number of nitrogens with zero attached hydrogens (tertiary/aromatic N) is 2. The van der Waals surface area contributed by atoms with E-state index in [-0.39, 0.29) is 11.6 Å². The number of aromatic nitrogens is 3. The van der Waals surface area contributed by atoms with Crippen LogP contribution in [0.3, 0.4) is 0 Å². The van der Waals surface area contributed by atoms with Gasteiger partial charge >= 0.3 is 0 Å². The van der Waals surface area contributed by atoms with Gasteiger partial charge in [-0.3, -0.25) is 5.10 Å². The molecule has 6 heteroatoms. The molecule has 106 valence electrons. The zero-order chi connectivity index (χ0) is 14.8. The Labute approximate surface area is 120 Å². The third-order valence-electron chi connectivity index (χ3n) is 3.26. The van der Waals surface area contributed by atoms with E-state index in [1.165, 1.54) is 18.3 Å². The van der Waals surface area contributed by atoms with Crippen LogP contribution in [0.25, 0.3) is 11.3 Å². The van der Waals surface area contributed by atoms with Crippen LogP contribution in [0.15, 0.2) is 48.8 Å². The van der Waals surface area contributed by atoms with Crippen molar-refractivity contribution in [2.45, 2.75) is 6.10 Å². The number of aromatic amines is 1. The van der Waals surface area contributed by atoms with Gasteiger partial charge in [0.1, 0.15) is 17.7 Å². The normalized spacial score (nSPS) is 12.3. The number of nitrogen functional groups attached to an aromatic ring is 1. The molecule has 0 aliphatic heterocycles. The van der Waals surface area contributed by atoms with Gasteiger partial charge in [-0.05, 0) is 30.3 Å². The highest BCUT2D eigenvalue weighted by Gasteiger charge is 2.20. The van der Waals surface area contributed by atoms with E-state index in [0.29, 0.717) is 16.8 Å². The van der Waals surface area contributed by atoms with Gasteiger partial charge in [-0.1, -0.05) is 6.07 Å². The lowest BCUT2D eigenvalue weighted by Gasteiger charge is -2.13. The fraction of sp³-hybridized carbons (Fsp3) is 0.0667. The molecule has 0 spiro atoms. The summed E-state index contributed by atoms with van der Waals surface area (Å²) in [5, 5.41) is 17.3. The number of aliphatic hydroxyl groups is 1. The van der Waals surface area contributed by atoms with Crippen LogP contribution < -0.4 is 5.73 Å². The van der Waals surface area contributed by atoms with Crippen molar-refractivity contribution in [2.75, 3.05) is 5.73 Å². The maximum absolute atomic E-state index is 13.0. The summed E-state index contributed by atoms with van der Waals surface area (Å²) in [7, 11) is 0. The lowest BCUT2D eigenvalue weighted by atomic mass is 9.99. The number of rotatable bonds is 3. The number of pyridine rings is 1. The first-order chi connectivity index (χ1) is 10.2. The van der Waals surface area contributed by atoms with Crippen LogP contribution in [-0.4, -0.2) is 20.3 Å². The summed E-state index contributed by atoms with van der Waals surface area (Å²) in [5.41, 5.74) is 8.19. The molecular formula is C15H13FN4O. The summed E-state index contributed by atoms with van der Waals surface area (Å²) in [4.78, 5) is 3.96. The van der Waals surface area contributed by atoms with Gasteiger partial charge in [0, 0.05) is 22.9 Å². The second-order valence-corrected chi connectivity index (χ2v) is 4.59. The van der Waals surface area contributed by atoms with Gasteiger partial charge in [0.05, 0.1) is 11.9 Å². The first kappa shape index (κ1) is 13.3. The third kappa shape index (κ3) is 2.48. The minimum atomic E-state index is -0.961. The molecule has 2 heterocycles. The maximum Gasteiger partial charge on any atom is 0.129 e. The predicted molar refractivity (Wildman–Crippen MR) is 76.7 cm³/mol. The van der Waals surface area contributed by atoms with Crippen LogP contribution in [0, 0.1) is 5.82 Å². The fourth-order valence-corrected chi connectivity index (χ4v) is 2.18. The van der Waals surface area contributed by atoms with Crippen LogP contribution >= 0.6 is 0 Å². The van der Waals surface area contributed by atoms with Crippen molar-refractivity contribution in [1.29, 1.82) is 0 Å². The molecule has 0 radical (unpaired) electrons. The average Bonchev–Trinajstić information content (AvgIpc) is 2.97. The summed E-state index contributed by atoms with van der Waals surface area (Å²) in [5.74, 6) is -0.0619. The largest absolute Gasteiger partial charge is 0.383 e. The van der Waals surface area contributed by atoms with E-state index in [2.05, 4.69) is 15.2 Å². The molecule has 0 fully saturated rings. The molecular weight excluding hydrogens is 271 g/mol. The molecule has 21 heavy (non-hydrogen) atoms. The quantitative estimate of drug-likeness (QED) is 0.688. The monoisotopic (exact) mass is 284 g/mol. The van der Waals surface area contributed by atoms with E-state index < -0.39 is 6.10 Å². The van der Waals surface area contributed by atoms with Gasteiger partial charge in [-0.15, -0.1) is 0 Å². The lowest BCUT2D eigenvalue weighted by molar-refractivity contribution is 0.221. The van der Waals surface area contributed by atoms with E-state index >= 15 is 0 Å². The van der Waals surface area contributed by atoms with E-state index in [4.69, 9.17) is 5.73 Å². The Morgan fingerprint density at radius 2 is 1.90 bits per heavy atom. The van der Waals surface area contributed by atoms with Crippen LogP contribution in [0.1, 0.15) is 17.2 Å². The van der Waals surface area contributed by atoms with Crippen molar-refractivity contribution in [3.63, 3.8) is 0 Å². The van der Waals surface area contributed by atoms with Crippen molar-refractivity contribution in [2.24, 2.45) is 0 Å². The minimum Gasteiger partial charge on any atom is -0.383 e. The van der Waals surface area contributed by atoms with Gasteiger partial charge in [-0.2, -0.15) is 5.10 Å². The van der Waals surface area contributed by atoms with Gasteiger partial charge in [-0.25, -0.2) is 9.37 Å². The van der Waals surface area contributed by atoms with Crippen molar-refractivity contribution in [3.8, 4) is 11.3 Å². The van der Waals surface area contributed by atoms with Crippen LogP contribution in [0.5, 0.6) is 0 Å². The molecule has 0 amide bonds. The number of hydrogen-bond donors (Lipinski definition) is 3. The Morgan fingerprint density at radius 1 is 1.14 bits per heavy atom. The second-order valence-electron chi connectivity index (χ2n) is 4.59. The number of anilines is 1. The number of nitrogens with one attached hydrogen (secondary N) is 1. The molecule has 2 aromatic heterocycles. The Bertz CT molecular complexity index is 754. The van der Waals surface area contributed by atoms with Crippen molar-refractivity contribution in [3.05, 3.63) is 65.7 Å². The highest BCUT2D eigenvalue weighted by Crippen LogP contribution is 2.31. The van der Waals surface area contributed by atoms with Gasteiger partial charge in [0.15, 0.2) is 0 Å². The molecule has 3 aromatic rings. The SMILES string of the molecule is Nc1ncccc1C(O)c1cn[nH]c1-c1ccc(F)cc1. The summed E-state index contributed by atoms with van der Waals surface area (Å²) < 4.78 is 13.0. The van der Waals surface area contributed by atoms with E-state index in [9.17, 15) is 9.50 Å². The number of H-pyrrole nitrogens is 1. The standard InChI is InChI=1S/C15H13FN4O/c16-10-5-3-9(4-6-10)13-12(8-19-20-13)14(21)11-2-1-7-18-15(11)17/h1-8,14,21H,(H2,17,18)(H,19,20). The second kappa shape index (κ2) is 5.34. The molecule has 0 saturated heterocycles. The number of halogens is 1. The van der Waals surface area contributed by atoms with Gasteiger partial charge < -0.3 is 10.8 Å². The van der Waals surface area contributed by atoms with E-state index in [1.807, 2.05) is 0 Å².